The van der Waals surface area contributed by atoms with Crippen LogP contribution in [0.1, 0.15) is 46.0 Å². The van der Waals surface area contributed by atoms with Crippen LogP contribution < -0.4 is 0 Å². The molecule has 2 atom stereocenters. The Bertz CT molecular complexity index is 280. The van der Waals surface area contributed by atoms with Crippen molar-refractivity contribution in [2.45, 2.75) is 46.0 Å². The van der Waals surface area contributed by atoms with E-state index in [9.17, 15) is 9.59 Å². The fraction of sp³-hybridized carbons (Fsp3) is 0.818. The van der Waals surface area contributed by atoms with Crippen molar-refractivity contribution >= 4 is 11.6 Å². The summed E-state index contributed by atoms with van der Waals surface area (Å²) < 4.78 is 0. The lowest BCUT2D eigenvalue weighted by Gasteiger charge is -2.42. The van der Waals surface area contributed by atoms with Crippen molar-refractivity contribution in [3.8, 4) is 0 Å². The zero-order valence-corrected chi connectivity index (χ0v) is 8.35. The van der Waals surface area contributed by atoms with Gasteiger partial charge in [0.25, 0.3) is 0 Å². The maximum Gasteiger partial charge on any atom is 0.139 e. The number of fused-ring (bicyclic) bond motifs is 1. The molecule has 2 rings (SSSR count). The normalized spacial score (nSPS) is 45.1. The van der Waals surface area contributed by atoms with Gasteiger partial charge in [-0.2, -0.15) is 0 Å². The van der Waals surface area contributed by atoms with Crippen LogP contribution in [-0.4, -0.2) is 11.6 Å². The summed E-state index contributed by atoms with van der Waals surface area (Å²) in [7, 11) is 0. The average Bonchev–Trinajstić information content (AvgIpc) is 2.31. The van der Waals surface area contributed by atoms with Crippen LogP contribution in [0.5, 0.6) is 0 Å². The minimum Gasteiger partial charge on any atom is -0.299 e. The van der Waals surface area contributed by atoms with Gasteiger partial charge in [-0.05, 0) is 19.3 Å². The Morgan fingerprint density at radius 1 is 0.923 bits per heavy atom. The van der Waals surface area contributed by atoms with Crippen molar-refractivity contribution in [2.75, 3.05) is 0 Å². The largest absolute Gasteiger partial charge is 0.299 e. The van der Waals surface area contributed by atoms with Crippen LogP contribution in [0.25, 0.3) is 0 Å². The Kier molecular flexibility index (Phi) is 1.67. The quantitative estimate of drug-likeness (QED) is 0.572. The summed E-state index contributed by atoms with van der Waals surface area (Å²) in [5, 5.41) is 0. The van der Waals surface area contributed by atoms with Gasteiger partial charge in [-0.25, -0.2) is 0 Å². The maximum atomic E-state index is 11.8. The molecule has 0 bridgehead atoms. The van der Waals surface area contributed by atoms with E-state index in [2.05, 4.69) is 0 Å². The molecule has 2 fully saturated rings. The molecular formula is C11H16O2. The van der Waals surface area contributed by atoms with E-state index in [-0.39, 0.29) is 10.8 Å². The summed E-state index contributed by atoms with van der Waals surface area (Å²) in [5.74, 6) is 0.621. The molecule has 0 amide bonds. The van der Waals surface area contributed by atoms with Gasteiger partial charge in [0.2, 0.25) is 0 Å². The summed E-state index contributed by atoms with van der Waals surface area (Å²) in [6, 6.07) is 0. The molecule has 0 saturated heterocycles. The molecule has 13 heavy (non-hydrogen) atoms. The summed E-state index contributed by atoms with van der Waals surface area (Å²) >= 11 is 0. The lowest BCUT2D eigenvalue weighted by Crippen LogP contribution is -2.46. The molecule has 2 aliphatic carbocycles. The van der Waals surface area contributed by atoms with E-state index in [1.807, 2.05) is 13.8 Å². The second-order valence-corrected chi connectivity index (χ2v) is 4.86. The summed E-state index contributed by atoms with van der Waals surface area (Å²) in [6.45, 7) is 3.97. The van der Waals surface area contributed by atoms with E-state index >= 15 is 0 Å². The van der Waals surface area contributed by atoms with Crippen LogP contribution in [0.15, 0.2) is 0 Å². The second kappa shape index (κ2) is 2.43. The van der Waals surface area contributed by atoms with Crippen molar-refractivity contribution in [1.82, 2.24) is 0 Å². The minimum atomic E-state index is -0.331. The standard InChI is InChI=1S/C11H16O2/c1-10-6-3-4-8(12)11(10,2)7-5-9(10)13/h3-7H2,1-2H3/t10-,11-/m1/s1. The van der Waals surface area contributed by atoms with E-state index < -0.39 is 0 Å². The van der Waals surface area contributed by atoms with Crippen LogP contribution in [0.2, 0.25) is 0 Å². The van der Waals surface area contributed by atoms with Crippen LogP contribution >= 0.6 is 0 Å². The van der Waals surface area contributed by atoms with Gasteiger partial charge in [0.05, 0.1) is 0 Å². The lowest BCUT2D eigenvalue weighted by atomic mass is 9.59. The van der Waals surface area contributed by atoms with Gasteiger partial charge in [0, 0.05) is 23.7 Å². The molecule has 72 valence electrons. The monoisotopic (exact) mass is 180 g/mol. The Morgan fingerprint density at radius 2 is 1.46 bits per heavy atom. The predicted molar refractivity (Wildman–Crippen MR) is 49.3 cm³/mol. The van der Waals surface area contributed by atoms with Gasteiger partial charge in [0.15, 0.2) is 0 Å². The van der Waals surface area contributed by atoms with Crippen molar-refractivity contribution in [3.05, 3.63) is 0 Å². The minimum absolute atomic E-state index is 0.308. The van der Waals surface area contributed by atoms with Gasteiger partial charge in [-0.3, -0.25) is 9.59 Å². The topological polar surface area (TPSA) is 34.1 Å². The van der Waals surface area contributed by atoms with Gasteiger partial charge < -0.3 is 0 Å². The zero-order valence-electron chi connectivity index (χ0n) is 8.35. The number of hydrogen-bond acceptors (Lipinski definition) is 2. The Labute approximate surface area is 78.7 Å². The summed E-state index contributed by atoms with van der Waals surface area (Å²) in [5.41, 5.74) is -0.662. The smallest absolute Gasteiger partial charge is 0.139 e. The van der Waals surface area contributed by atoms with Crippen molar-refractivity contribution in [2.24, 2.45) is 10.8 Å². The van der Waals surface area contributed by atoms with Gasteiger partial charge in [-0.1, -0.05) is 13.8 Å². The number of hydrogen-bond donors (Lipinski definition) is 0. The number of ketones is 2. The Balaban J connectivity index is 2.46. The number of Topliss-reactive ketones (excluding diaryl/α,β-unsaturated/α-hetero) is 2. The molecule has 0 radical (unpaired) electrons. The lowest BCUT2D eigenvalue weighted by molar-refractivity contribution is -0.144. The highest BCUT2D eigenvalue weighted by Crippen LogP contribution is 2.56. The molecule has 0 N–H and O–H groups in total. The number of carbonyl (C=O) groups is 2. The fourth-order valence-electron chi connectivity index (χ4n) is 2.96. The molecule has 0 aromatic heterocycles. The van der Waals surface area contributed by atoms with Crippen LogP contribution in [-0.2, 0) is 9.59 Å². The van der Waals surface area contributed by atoms with Gasteiger partial charge in [0.1, 0.15) is 11.6 Å². The third-order valence-electron chi connectivity index (χ3n) is 4.38. The molecule has 2 nitrogen and oxygen atoms in total. The SMILES string of the molecule is C[C@]12CCCC(=O)[C@@]1(C)CCC2=O. The second-order valence-electron chi connectivity index (χ2n) is 4.86. The third kappa shape index (κ3) is 0.890. The van der Waals surface area contributed by atoms with Crippen LogP contribution in [0.3, 0.4) is 0 Å². The number of carbonyl (C=O) groups excluding carboxylic acids is 2. The molecule has 0 unspecified atom stereocenters. The molecule has 0 aromatic rings. The first-order valence-corrected chi connectivity index (χ1v) is 5.07. The van der Waals surface area contributed by atoms with Crippen molar-refractivity contribution in [3.63, 3.8) is 0 Å². The van der Waals surface area contributed by atoms with Crippen LogP contribution in [0.4, 0.5) is 0 Å². The first kappa shape index (κ1) is 8.92. The summed E-state index contributed by atoms with van der Waals surface area (Å²) in [6.07, 6.45) is 3.88. The maximum absolute atomic E-state index is 11.8. The molecular weight excluding hydrogens is 164 g/mol. The molecule has 0 spiro atoms. The third-order valence-corrected chi connectivity index (χ3v) is 4.38. The molecule has 2 saturated carbocycles. The molecule has 2 aliphatic rings. The molecule has 2 heteroatoms. The van der Waals surface area contributed by atoms with E-state index in [0.717, 1.165) is 19.3 Å². The highest BCUT2D eigenvalue weighted by Gasteiger charge is 2.59. The van der Waals surface area contributed by atoms with Crippen LogP contribution in [0, 0.1) is 10.8 Å². The fourth-order valence-corrected chi connectivity index (χ4v) is 2.96. The van der Waals surface area contributed by atoms with E-state index in [0.29, 0.717) is 24.4 Å². The number of rotatable bonds is 0. The summed E-state index contributed by atoms with van der Waals surface area (Å²) in [4.78, 5) is 23.5. The highest BCUT2D eigenvalue weighted by atomic mass is 16.1. The molecule has 0 heterocycles. The Morgan fingerprint density at radius 3 is 2.08 bits per heavy atom. The molecule has 0 aromatic carbocycles. The van der Waals surface area contributed by atoms with Gasteiger partial charge >= 0.3 is 0 Å². The first-order valence-electron chi connectivity index (χ1n) is 5.07. The zero-order chi connectivity index (χ0) is 9.69. The van der Waals surface area contributed by atoms with E-state index in [1.54, 1.807) is 0 Å². The van der Waals surface area contributed by atoms with Gasteiger partial charge in [-0.15, -0.1) is 0 Å². The Hall–Kier alpha value is -0.660. The van der Waals surface area contributed by atoms with E-state index in [4.69, 9.17) is 0 Å². The predicted octanol–water partition coefficient (Wildman–Crippen LogP) is 2.11. The van der Waals surface area contributed by atoms with Crippen molar-refractivity contribution in [1.29, 1.82) is 0 Å². The average molecular weight is 180 g/mol. The first-order chi connectivity index (χ1) is 6.01. The van der Waals surface area contributed by atoms with Crippen molar-refractivity contribution < 1.29 is 9.59 Å². The van der Waals surface area contributed by atoms with E-state index in [1.165, 1.54) is 0 Å². The molecule has 0 aliphatic heterocycles. The highest BCUT2D eigenvalue weighted by molar-refractivity contribution is 5.99.